The van der Waals surface area contributed by atoms with Gasteiger partial charge in [-0.2, -0.15) is 0 Å². The number of carbonyl (C=O) groups is 1. The zero-order valence-corrected chi connectivity index (χ0v) is 16.6. The number of amides is 2. The zero-order valence-electron chi connectivity index (χ0n) is 16.6. The van der Waals surface area contributed by atoms with E-state index < -0.39 is 0 Å². The Morgan fingerprint density at radius 2 is 1.82 bits per heavy atom. The Kier molecular flexibility index (Phi) is 5.99. The lowest BCUT2D eigenvalue weighted by Crippen LogP contribution is -2.28. The first-order valence-corrected chi connectivity index (χ1v) is 9.28. The maximum absolute atomic E-state index is 12.2. The van der Waals surface area contributed by atoms with E-state index in [1.54, 1.807) is 0 Å². The van der Waals surface area contributed by atoms with E-state index >= 15 is 0 Å². The molecule has 6 heteroatoms. The Morgan fingerprint density at radius 1 is 1.07 bits per heavy atom. The second-order valence-corrected chi connectivity index (χ2v) is 6.59. The van der Waals surface area contributed by atoms with Gasteiger partial charge in [-0.05, 0) is 75.2 Å². The van der Waals surface area contributed by atoms with Crippen molar-refractivity contribution in [2.45, 2.75) is 34.2 Å². The van der Waals surface area contributed by atoms with Crippen LogP contribution in [0.25, 0.3) is 11.5 Å². The van der Waals surface area contributed by atoms with E-state index in [0.717, 1.165) is 22.6 Å². The van der Waals surface area contributed by atoms with Crippen LogP contribution in [0.3, 0.4) is 0 Å². The highest BCUT2D eigenvalue weighted by molar-refractivity contribution is 5.89. The molecule has 2 N–H and O–H groups in total. The van der Waals surface area contributed by atoms with Gasteiger partial charge < -0.3 is 19.8 Å². The fourth-order valence-electron chi connectivity index (χ4n) is 2.73. The summed E-state index contributed by atoms with van der Waals surface area (Å²) < 4.78 is 11.2. The number of oxazole rings is 1. The van der Waals surface area contributed by atoms with Crippen LogP contribution in [0.2, 0.25) is 0 Å². The van der Waals surface area contributed by atoms with Crippen LogP contribution in [-0.2, 0) is 6.54 Å². The van der Waals surface area contributed by atoms with E-state index in [9.17, 15) is 4.79 Å². The summed E-state index contributed by atoms with van der Waals surface area (Å²) in [4.78, 5) is 16.7. The Labute approximate surface area is 164 Å². The van der Waals surface area contributed by atoms with E-state index in [1.165, 1.54) is 5.56 Å². The topological polar surface area (TPSA) is 76.4 Å². The number of nitrogens with one attached hydrogen (secondary N) is 2. The van der Waals surface area contributed by atoms with Crippen molar-refractivity contribution in [3.05, 3.63) is 65.0 Å². The number of benzene rings is 2. The minimum absolute atomic E-state index is 0.281. The molecule has 0 bridgehead atoms. The smallest absolute Gasteiger partial charge is 0.319 e. The molecular weight excluding hydrogens is 354 g/mol. The molecule has 0 aliphatic carbocycles. The van der Waals surface area contributed by atoms with Crippen molar-refractivity contribution in [3.8, 4) is 17.2 Å². The summed E-state index contributed by atoms with van der Waals surface area (Å²) >= 11 is 0. The lowest BCUT2D eigenvalue weighted by Gasteiger charge is -2.08. The number of hydrogen-bond acceptors (Lipinski definition) is 4. The van der Waals surface area contributed by atoms with Gasteiger partial charge >= 0.3 is 6.03 Å². The molecule has 0 saturated carbocycles. The third-order valence-corrected chi connectivity index (χ3v) is 4.49. The minimum atomic E-state index is -0.284. The summed E-state index contributed by atoms with van der Waals surface area (Å²) in [5, 5.41) is 5.65. The Balaban J connectivity index is 1.61. The van der Waals surface area contributed by atoms with Crippen LogP contribution in [0.5, 0.6) is 5.75 Å². The first-order valence-electron chi connectivity index (χ1n) is 9.28. The van der Waals surface area contributed by atoms with E-state index in [4.69, 9.17) is 9.15 Å². The third kappa shape index (κ3) is 4.71. The molecule has 1 heterocycles. The summed E-state index contributed by atoms with van der Waals surface area (Å²) in [6, 6.07) is 13.1. The lowest BCUT2D eigenvalue weighted by molar-refractivity contribution is 0.251. The fraction of sp³-hybridized carbons (Fsp3) is 0.273. The second kappa shape index (κ2) is 8.61. The van der Waals surface area contributed by atoms with Gasteiger partial charge in [-0.1, -0.05) is 6.07 Å². The van der Waals surface area contributed by atoms with Crippen molar-refractivity contribution in [1.29, 1.82) is 0 Å². The highest BCUT2D eigenvalue weighted by atomic mass is 16.5. The molecule has 0 aliphatic rings. The summed E-state index contributed by atoms with van der Waals surface area (Å²) in [5.74, 6) is 2.00. The predicted octanol–water partition coefficient (Wildman–Crippen LogP) is 4.99. The zero-order chi connectivity index (χ0) is 20.1. The Bertz CT molecular complexity index is 962. The predicted molar refractivity (Wildman–Crippen MR) is 110 cm³/mol. The second-order valence-electron chi connectivity index (χ2n) is 6.59. The van der Waals surface area contributed by atoms with Crippen LogP contribution in [0.15, 0.2) is 46.9 Å². The molecule has 28 heavy (non-hydrogen) atoms. The number of hydrogen-bond donors (Lipinski definition) is 2. The van der Waals surface area contributed by atoms with Crippen molar-refractivity contribution in [3.63, 3.8) is 0 Å². The van der Waals surface area contributed by atoms with Gasteiger partial charge in [-0.15, -0.1) is 0 Å². The molecule has 6 nitrogen and oxygen atoms in total. The number of urea groups is 1. The lowest BCUT2D eigenvalue weighted by atomic mass is 10.1. The molecule has 0 aliphatic heterocycles. The van der Waals surface area contributed by atoms with Crippen LogP contribution < -0.4 is 15.4 Å². The fourth-order valence-corrected chi connectivity index (χ4v) is 2.73. The SMILES string of the molecule is CCOc1ccc(-c2nc(CNC(=O)Nc3ccc(C)c(C)c3)c(C)o2)cc1. The van der Waals surface area contributed by atoms with Crippen LogP contribution >= 0.6 is 0 Å². The van der Waals surface area contributed by atoms with Crippen molar-refractivity contribution in [2.75, 3.05) is 11.9 Å². The maximum Gasteiger partial charge on any atom is 0.319 e. The maximum atomic E-state index is 12.2. The molecule has 3 aromatic rings. The number of anilines is 1. The van der Waals surface area contributed by atoms with Crippen molar-refractivity contribution in [2.24, 2.45) is 0 Å². The van der Waals surface area contributed by atoms with E-state index in [-0.39, 0.29) is 12.6 Å². The van der Waals surface area contributed by atoms with Crippen LogP contribution in [0.1, 0.15) is 29.5 Å². The van der Waals surface area contributed by atoms with Crippen LogP contribution in [0.4, 0.5) is 10.5 Å². The van der Waals surface area contributed by atoms with Gasteiger partial charge in [0, 0.05) is 11.3 Å². The van der Waals surface area contributed by atoms with Crippen molar-refractivity contribution in [1.82, 2.24) is 10.3 Å². The number of ether oxygens (including phenoxy) is 1. The normalized spacial score (nSPS) is 10.6. The standard InChI is InChI=1S/C22H25N3O3/c1-5-27-19-10-7-17(8-11-19)21-25-20(16(4)28-21)13-23-22(26)24-18-9-6-14(2)15(3)12-18/h6-12H,5,13H2,1-4H3,(H2,23,24,26). The van der Waals surface area contributed by atoms with Gasteiger partial charge in [0.2, 0.25) is 5.89 Å². The number of carbonyl (C=O) groups excluding carboxylic acids is 1. The minimum Gasteiger partial charge on any atom is -0.494 e. The molecule has 0 unspecified atom stereocenters. The van der Waals surface area contributed by atoms with Gasteiger partial charge in [0.05, 0.1) is 13.2 Å². The molecule has 2 amide bonds. The monoisotopic (exact) mass is 379 g/mol. The quantitative estimate of drug-likeness (QED) is 0.633. The number of rotatable bonds is 6. The van der Waals surface area contributed by atoms with Crippen LogP contribution in [0, 0.1) is 20.8 Å². The van der Waals surface area contributed by atoms with Gasteiger partial charge in [-0.3, -0.25) is 0 Å². The molecule has 3 rings (SSSR count). The average Bonchev–Trinajstić information content (AvgIpc) is 3.05. The summed E-state index contributed by atoms with van der Waals surface area (Å²) in [6.45, 7) is 8.73. The molecule has 2 aromatic carbocycles. The molecule has 0 saturated heterocycles. The molecule has 0 atom stereocenters. The highest BCUT2D eigenvalue weighted by Crippen LogP contribution is 2.24. The van der Waals surface area contributed by atoms with E-state index in [2.05, 4.69) is 15.6 Å². The molecule has 146 valence electrons. The van der Waals surface area contributed by atoms with Gasteiger partial charge in [0.15, 0.2) is 0 Å². The van der Waals surface area contributed by atoms with Crippen molar-refractivity contribution >= 4 is 11.7 Å². The number of aromatic nitrogens is 1. The Hall–Kier alpha value is -3.28. The number of aryl methyl sites for hydroxylation is 3. The first-order chi connectivity index (χ1) is 13.5. The molecule has 0 radical (unpaired) electrons. The van der Waals surface area contributed by atoms with E-state index in [1.807, 2.05) is 70.2 Å². The average molecular weight is 379 g/mol. The highest BCUT2D eigenvalue weighted by Gasteiger charge is 2.13. The number of nitrogens with zero attached hydrogens (tertiary/aromatic N) is 1. The molecular formula is C22H25N3O3. The molecule has 0 spiro atoms. The summed E-state index contributed by atoms with van der Waals surface area (Å²) in [5.41, 5.74) is 4.63. The summed E-state index contributed by atoms with van der Waals surface area (Å²) in [7, 11) is 0. The van der Waals surface area contributed by atoms with Gasteiger partial charge in [-0.25, -0.2) is 9.78 Å². The van der Waals surface area contributed by atoms with Gasteiger partial charge in [0.1, 0.15) is 17.2 Å². The molecule has 0 fully saturated rings. The van der Waals surface area contributed by atoms with E-state index in [0.29, 0.717) is 24.0 Å². The summed E-state index contributed by atoms with van der Waals surface area (Å²) in [6.07, 6.45) is 0. The largest absolute Gasteiger partial charge is 0.494 e. The van der Waals surface area contributed by atoms with Crippen molar-refractivity contribution < 1.29 is 13.9 Å². The van der Waals surface area contributed by atoms with Gasteiger partial charge in [0.25, 0.3) is 0 Å². The third-order valence-electron chi connectivity index (χ3n) is 4.49. The molecule has 1 aromatic heterocycles. The Morgan fingerprint density at radius 3 is 2.50 bits per heavy atom. The first kappa shape index (κ1) is 19.5. The van der Waals surface area contributed by atoms with Crippen LogP contribution in [-0.4, -0.2) is 17.6 Å².